The molecule has 0 saturated heterocycles. The minimum absolute atomic E-state index is 0.413. The highest BCUT2D eigenvalue weighted by Crippen LogP contribution is 2.32. The van der Waals surface area contributed by atoms with E-state index in [2.05, 4.69) is 34.9 Å². The Labute approximate surface area is 83.3 Å². The third kappa shape index (κ3) is 1.52. The number of fused-ring (bicyclic) bond motifs is 1. The lowest BCUT2D eigenvalue weighted by Gasteiger charge is -2.31. The zero-order chi connectivity index (χ0) is 9.26. The first kappa shape index (κ1) is 8.51. The molecule has 2 nitrogen and oxygen atoms in total. The zero-order valence-corrected chi connectivity index (χ0v) is 8.32. The monoisotopic (exact) mass is 192 g/mol. The minimum Gasteiger partial charge on any atom is -0.366 e. The van der Waals surface area contributed by atoms with Crippen molar-refractivity contribution in [2.45, 2.75) is 12.5 Å². The van der Waals surface area contributed by atoms with E-state index in [1.54, 1.807) is 0 Å². The van der Waals surface area contributed by atoms with Crippen molar-refractivity contribution in [3.05, 3.63) is 35.4 Å². The maximum Gasteiger partial charge on any atom is 0.166 e. The van der Waals surface area contributed by atoms with Crippen LogP contribution in [0.15, 0.2) is 24.3 Å². The van der Waals surface area contributed by atoms with Crippen molar-refractivity contribution in [3.63, 3.8) is 0 Å². The molecule has 1 unspecified atom stereocenters. The number of nitrogens with one attached hydrogen (secondary N) is 2. The number of hydrogen-bond donors (Lipinski definition) is 2. The Morgan fingerprint density at radius 3 is 2.92 bits per heavy atom. The molecule has 13 heavy (non-hydrogen) atoms. The molecule has 1 aliphatic rings. The van der Waals surface area contributed by atoms with Crippen molar-refractivity contribution in [2.75, 3.05) is 7.05 Å². The first-order chi connectivity index (χ1) is 6.31. The van der Waals surface area contributed by atoms with E-state index in [0.29, 0.717) is 6.04 Å². The Morgan fingerprint density at radius 1 is 1.46 bits per heavy atom. The van der Waals surface area contributed by atoms with Gasteiger partial charge in [-0.05, 0) is 29.8 Å². The molecular formula is C10H12N2S. The third-order valence-corrected chi connectivity index (χ3v) is 2.71. The van der Waals surface area contributed by atoms with Crippen LogP contribution in [0.4, 0.5) is 0 Å². The largest absolute Gasteiger partial charge is 0.366 e. The molecule has 0 saturated carbocycles. The van der Waals surface area contributed by atoms with E-state index in [1.165, 1.54) is 11.1 Å². The molecule has 0 amide bonds. The summed E-state index contributed by atoms with van der Waals surface area (Å²) in [4.78, 5) is 0. The Morgan fingerprint density at radius 2 is 2.23 bits per heavy atom. The fourth-order valence-electron chi connectivity index (χ4n) is 1.62. The molecule has 3 heteroatoms. The highest BCUT2D eigenvalue weighted by atomic mass is 32.1. The summed E-state index contributed by atoms with van der Waals surface area (Å²) in [6, 6.07) is 8.86. The van der Waals surface area contributed by atoms with Gasteiger partial charge in [-0.1, -0.05) is 24.3 Å². The summed E-state index contributed by atoms with van der Waals surface area (Å²) in [5.41, 5.74) is 2.80. The van der Waals surface area contributed by atoms with Gasteiger partial charge in [-0.15, -0.1) is 0 Å². The fraction of sp³-hybridized carbons (Fsp3) is 0.300. The Kier molecular flexibility index (Phi) is 2.19. The zero-order valence-electron chi connectivity index (χ0n) is 7.50. The van der Waals surface area contributed by atoms with Gasteiger partial charge in [0.1, 0.15) is 0 Å². The second-order valence-electron chi connectivity index (χ2n) is 3.18. The summed E-state index contributed by atoms with van der Waals surface area (Å²) in [7, 11) is 1.83. The highest BCUT2D eigenvalue weighted by molar-refractivity contribution is 7.80. The van der Waals surface area contributed by atoms with E-state index in [4.69, 9.17) is 12.2 Å². The van der Waals surface area contributed by atoms with Crippen LogP contribution in [0.2, 0.25) is 0 Å². The maximum absolute atomic E-state index is 5.04. The average molecular weight is 192 g/mol. The van der Waals surface area contributed by atoms with Gasteiger partial charge in [-0.3, -0.25) is 0 Å². The van der Waals surface area contributed by atoms with Gasteiger partial charge in [0, 0.05) is 7.05 Å². The normalized spacial score (nSPS) is 18.4. The summed E-state index contributed by atoms with van der Waals surface area (Å²) in [6.45, 7) is 0. The van der Waals surface area contributed by atoms with Crippen LogP contribution < -0.4 is 10.6 Å². The van der Waals surface area contributed by atoms with Crippen LogP contribution in [-0.4, -0.2) is 12.2 Å². The molecule has 68 valence electrons. The Balaban J connectivity index is 2.05. The second-order valence-corrected chi connectivity index (χ2v) is 3.59. The Bertz CT molecular complexity index is 335. The van der Waals surface area contributed by atoms with Crippen LogP contribution in [0, 0.1) is 0 Å². The molecule has 0 aromatic heterocycles. The summed E-state index contributed by atoms with van der Waals surface area (Å²) >= 11 is 5.04. The molecule has 2 rings (SSSR count). The topological polar surface area (TPSA) is 24.1 Å². The first-order valence-corrected chi connectivity index (χ1v) is 4.78. The van der Waals surface area contributed by atoms with E-state index in [0.717, 1.165) is 11.5 Å². The van der Waals surface area contributed by atoms with Crippen LogP contribution in [0.5, 0.6) is 0 Å². The van der Waals surface area contributed by atoms with Gasteiger partial charge in [0.2, 0.25) is 0 Å². The summed E-state index contributed by atoms with van der Waals surface area (Å²) in [6.07, 6.45) is 1.08. The van der Waals surface area contributed by atoms with Crippen LogP contribution in [0.3, 0.4) is 0 Å². The van der Waals surface area contributed by atoms with Gasteiger partial charge in [0.25, 0.3) is 0 Å². The molecule has 0 bridgehead atoms. The van der Waals surface area contributed by atoms with Crippen molar-refractivity contribution in [2.24, 2.45) is 0 Å². The molecule has 1 aromatic rings. The Hall–Kier alpha value is -1.09. The van der Waals surface area contributed by atoms with Gasteiger partial charge >= 0.3 is 0 Å². The molecule has 2 N–H and O–H groups in total. The van der Waals surface area contributed by atoms with Crippen LogP contribution in [0.1, 0.15) is 17.2 Å². The van der Waals surface area contributed by atoms with E-state index in [1.807, 2.05) is 7.05 Å². The van der Waals surface area contributed by atoms with Gasteiger partial charge in [0.15, 0.2) is 5.11 Å². The van der Waals surface area contributed by atoms with E-state index in [-0.39, 0.29) is 0 Å². The fourth-order valence-corrected chi connectivity index (χ4v) is 1.76. The molecular weight excluding hydrogens is 180 g/mol. The van der Waals surface area contributed by atoms with Crippen molar-refractivity contribution in [1.29, 1.82) is 0 Å². The molecule has 0 fully saturated rings. The lowest BCUT2D eigenvalue weighted by Crippen LogP contribution is -2.40. The standard InChI is InChI=1S/C10H12N2S/c1-11-10(13)12-9-6-7-4-2-3-5-8(7)9/h2-5,9H,6H2,1H3,(H2,11,12,13). The van der Waals surface area contributed by atoms with Crippen LogP contribution in [-0.2, 0) is 6.42 Å². The summed E-state index contributed by atoms with van der Waals surface area (Å²) in [5, 5.41) is 6.88. The van der Waals surface area contributed by atoms with E-state index >= 15 is 0 Å². The quantitative estimate of drug-likeness (QED) is 0.657. The van der Waals surface area contributed by atoms with Gasteiger partial charge in [0.05, 0.1) is 6.04 Å². The van der Waals surface area contributed by atoms with Gasteiger partial charge in [-0.25, -0.2) is 0 Å². The van der Waals surface area contributed by atoms with Gasteiger partial charge < -0.3 is 10.6 Å². The smallest absolute Gasteiger partial charge is 0.166 e. The second kappa shape index (κ2) is 3.34. The summed E-state index contributed by atoms with van der Waals surface area (Å²) < 4.78 is 0. The van der Waals surface area contributed by atoms with Gasteiger partial charge in [-0.2, -0.15) is 0 Å². The third-order valence-electron chi connectivity index (χ3n) is 2.39. The molecule has 0 radical (unpaired) electrons. The lowest BCUT2D eigenvalue weighted by molar-refractivity contribution is 0.569. The molecule has 1 aliphatic carbocycles. The van der Waals surface area contributed by atoms with Crippen LogP contribution >= 0.6 is 12.2 Å². The number of benzene rings is 1. The number of rotatable bonds is 1. The van der Waals surface area contributed by atoms with Crippen LogP contribution in [0.25, 0.3) is 0 Å². The minimum atomic E-state index is 0.413. The SMILES string of the molecule is CNC(=S)NC1Cc2ccccc21. The average Bonchev–Trinajstić information content (AvgIpc) is 2.14. The molecule has 0 aliphatic heterocycles. The predicted molar refractivity (Wildman–Crippen MR) is 57.7 cm³/mol. The maximum atomic E-state index is 5.04. The number of hydrogen-bond acceptors (Lipinski definition) is 1. The van der Waals surface area contributed by atoms with Crippen molar-refractivity contribution in [1.82, 2.24) is 10.6 Å². The highest BCUT2D eigenvalue weighted by Gasteiger charge is 2.25. The van der Waals surface area contributed by atoms with Crippen molar-refractivity contribution >= 4 is 17.3 Å². The molecule has 0 spiro atoms. The predicted octanol–water partition coefficient (Wildman–Crippen LogP) is 1.38. The van der Waals surface area contributed by atoms with Crippen molar-refractivity contribution in [3.8, 4) is 0 Å². The van der Waals surface area contributed by atoms with E-state index in [9.17, 15) is 0 Å². The first-order valence-electron chi connectivity index (χ1n) is 4.37. The molecule has 1 aromatic carbocycles. The van der Waals surface area contributed by atoms with E-state index < -0.39 is 0 Å². The molecule has 1 atom stereocenters. The summed E-state index contributed by atoms with van der Waals surface area (Å²) in [5.74, 6) is 0. The molecule has 0 heterocycles. The lowest BCUT2D eigenvalue weighted by atomic mass is 9.83. The van der Waals surface area contributed by atoms with Crippen molar-refractivity contribution < 1.29 is 0 Å². The number of thiocarbonyl (C=S) groups is 1.